The molecule has 1 aromatic rings. The minimum atomic E-state index is 0.389. The summed E-state index contributed by atoms with van der Waals surface area (Å²) < 4.78 is 0. The van der Waals surface area contributed by atoms with Crippen molar-refractivity contribution in [2.75, 3.05) is 25.4 Å². The van der Waals surface area contributed by atoms with Gasteiger partial charge in [-0.2, -0.15) is 11.8 Å². The van der Waals surface area contributed by atoms with Crippen LogP contribution in [0.15, 0.2) is 24.3 Å². The second kappa shape index (κ2) is 6.60. The average Bonchev–Trinajstić information content (AvgIpc) is 2.42. The van der Waals surface area contributed by atoms with Gasteiger partial charge in [0.05, 0.1) is 0 Å². The molecule has 1 fully saturated rings. The van der Waals surface area contributed by atoms with E-state index in [1.165, 1.54) is 29.8 Å². The van der Waals surface area contributed by atoms with Crippen LogP contribution in [0.2, 0.25) is 0 Å². The number of rotatable bonds is 4. The molecule has 0 radical (unpaired) electrons. The molecule has 3 heteroatoms. The van der Waals surface area contributed by atoms with Gasteiger partial charge in [0.1, 0.15) is 0 Å². The van der Waals surface area contributed by atoms with Crippen molar-refractivity contribution in [3.63, 3.8) is 0 Å². The predicted molar refractivity (Wildman–Crippen MR) is 81.1 cm³/mol. The molecule has 0 saturated carbocycles. The lowest BCUT2D eigenvalue weighted by atomic mass is 10.0. The summed E-state index contributed by atoms with van der Waals surface area (Å²) in [6.45, 7) is 7.47. The van der Waals surface area contributed by atoms with Gasteiger partial charge in [0, 0.05) is 36.7 Å². The molecule has 2 rings (SSSR count). The fourth-order valence-electron chi connectivity index (χ4n) is 2.56. The van der Waals surface area contributed by atoms with E-state index in [0.29, 0.717) is 12.6 Å². The van der Waals surface area contributed by atoms with Gasteiger partial charge in [0.25, 0.3) is 0 Å². The highest BCUT2D eigenvalue weighted by Crippen LogP contribution is 2.28. The zero-order valence-corrected chi connectivity index (χ0v) is 12.2. The molecule has 100 valence electrons. The first-order chi connectivity index (χ1) is 8.74. The summed E-state index contributed by atoms with van der Waals surface area (Å²) in [5.41, 5.74) is 8.69. The normalized spacial score (nSPS) is 22.9. The highest BCUT2D eigenvalue weighted by atomic mass is 32.2. The van der Waals surface area contributed by atoms with Crippen molar-refractivity contribution < 1.29 is 0 Å². The molecule has 1 aliphatic heterocycles. The Morgan fingerprint density at radius 1 is 1.39 bits per heavy atom. The Labute approximate surface area is 115 Å². The number of nitrogens with zero attached hydrogens (tertiary/aromatic N) is 1. The smallest absolute Gasteiger partial charge is 0.0471 e. The quantitative estimate of drug-likeness (QED) is 0.907. The number of nitrogens with two attached hydrogens (primary N) is 1. The molecule has 0 aromatic heterocycles. The first-order valence-electron chi connectivity index (χ1n) is 6.87. The molecule has 0 spiro atoms. The van der Waals surface area contributed by atoms with Crippen LogP contribution in [0.3, 0.4) is 0 Å². The molecular formula is C15H24N2S. The number of hydrogen-bond donors (Lipinski definition) is 1. The lowest BCUT2D eigenvalue weighted by molar-refractivity contribution is 0.207. The molecule has 2 N–H and O–H groups in total. The van der Waals surface area contributed by atoms with E-state index in [2.05, 4.69) is 54.8 Å². The summed E-state index contributed by atoms with van der Waals surface area (Å²) in [5.74, 6) is 1.24. The van der Waals surface area contributed by atoms with Crippen molar-refractivity contribution in [3.8, 4) is 0 Å². The van der Waals surface area contributed by atoms with Gasteiger partial charge < -0.3 is 5.73 Å². The highest BCUT2D eigenvalue weighted by Gasteiger charge is 2.25. The maximum atomic E-state index is 6.01. The molecule has 1 aromatic carbocycles. The van der Waals surface area contributed by atoms with Crippen LogP contribution >= 0.6 is 11.8 Å². The molecule has 18 heavy (non-hydrogen) atoms. The van der Waals surface area contributed by atoms with Gasteiger partial charge in [-0.15, -0.1) is 0 Å². The van der Waals surface area contributed by atoms with Crippen molar-refractivity contribution >= 4 is 11.8 Å². The summed E-state index contributed by atoms with van der Waals surface area (Å²) in [5, 5.41) is 0.776. The van der Waals surface area contributed by atoms with E-state index in [0.717, 1.165) is 11.8 Å². The van der Waals surface area contributed by atoms with Crippen LogP contribution in [0.5, 0.6) is 0 Å². The van der Waals surface area contributed by atoms with Crippen molar-refractivity contribution in [2.24, 2.45) is 5.73 Å². The highest BCUT2D eigenvalue weighted by molar-refractivity contribution is 8.00. The standard InChI is InChI=1S/C15H24N2S/c1-3-14-11-17(8-9-18-14)15(10-16)13-6-4-12(2)5-7-13/h4-7,14-15H,3,8-11,16H2,1-2H3. The van der Waals surface area contributed by atoms with Crippen LogP contribution in [0, 0.1) is 6.92 Å². The van der Waals surface area contributed by atoms with E-state index < -0.39 is 0 Å². The van der Waals surface area contributed by atoms with E-state index >= 15 is 0 Å². The van der Waals surface area contributed by atoms with Gasteiger partial charge >= 0.3 is 0 Å². The van der Waals surface area contributed by atoms with E-state index in [1.54, 1.807) is 0 Å². The minimum absolute atomic E-state index is 0.389. The lowest BCUT2D eigenvalue weighted by Crippen LogP contribution is -2.42. The Morgan fingerprint density at radius 3 is 2.72 bits per heavy atom. The second-order valence-electron chi connectivity index (χ2n) is 5.06. The van der Waals surface area contributed by atoms with E-state index in [-0.39, 0.29) is 0 Å². The Balaban J connectivity index is 2.10. The van der Waals surface area contributed by atoms with E-state index in [9.17, 15) is 0 Å². The van der Waals surface area contributed by atoms with Gasteiger partial charge in [0.15, 0.2) is 0 Å². The van der Waals surface area contributed by atoms with E-state index in [4.69, 9.17) is 5.73 Å². The van der Waals surface area contributed by atoms with E-state index in [1.807, 2.05) is 0 Å². The zero-order valence-electron chi connectivity index (χ0n) is 11.4. The maximum Gasteiger partial charge on any atom is 0.0471 e. The van der Waals surface area contributed by atoms with Crippen LogP contribution in [0.1, 0.15) is 30.5 Å². The maximum absolute atomic E-state index is 6.01. The number of aryl methyl sites for hydroxylation is 1. The molecule has 0 amide bonds. The van der Waals surface area contributed by atoms with Gasteiger partial charge in [-0.1, -0.05) is 36.8 Å². The number of hydrogen-bond acceptors (Lipinski definition) is 3. The summed E-state index contributed by atoms with van der Waals surface area (Å²) in [6, 6.07) is 9.23. The van der Waals surface area contributed by atoms with Crippen molar-refractivity contribution in [3.05, 3.63) is 35.4 Å². The first-order valence-corrected chi connectivity index (χ1v) is 7.91. The first kappa shape index (κ1) is 13.9. The fourth-order valence-corrected chi connectivity index (χ4v) is 3.76. The summed E-state index contributed by atoms with van der Waals surface area (Å²) in [4.78, 5) is 2.56. The van der Waals surface area contributed by atoms with Gasteiger partial charge in [-0.3, -0.25) is 4.90 Å². The third-order valence-electron chi connectivity index (χ3n) is 3.75. The molecule has 0 bridgehead atoms. The van der Waals surface area contributed by atoms with Gasteiger partial charge in [0.2, 0.25) is 0 Å². The molecule has 2 nitrogen and oxygen atoms in total. The van der Waals surface area contributed by atoms with Crippen molar-refractivity contribution in [2.45, 2.75) is 31.6 Å². The molecular weight excluding hydrogens is 240 g/mol. The Morgan fingerprint density at radius 2 is 2.11 bits per heavy atom. The Kier molecular flexibility index (Phi) is 5.10. The lowest BCUT2D eigenvalue weighted by Gasteiger charge is -2.37. The predicted octanol–water partition coefficient (Wildman–Crippen LogP) is 2.82. The van der Waals surface area contributed by atoms with Crippen molar-refractivity contribution in [1.82, 2.24) is 4.90 Å². The Bertz CT molecular complexity index is 363. The molecule has 1 heterocycles. The largest absolute Gasteiger partial charge is 0.329 e. The molecule has 2 unspecified atom stereocenters. The summed E-state index contributed by atoms with van der Waals surface area (Å²) in [7, 11) is 0. The molecule has 2 atom stereocenters. The Hall–Kier alpha value is -0.510. The fraction of sp³-hybridized carbons (Fsp3) is 0.600. The third-order valence-corrected chi connectivity index (χ3v) is 5.12. The monoisotopic (exact) mass is 264 g/mol. The molecule has 1 saturated heterocycles. The number of benzene rings is 1. The zero-order chi connectivity index (χ0) is 13.0. The second-order valence-corrected chi connectivity index (χ2v) is 6.47. The van der Waals surface area contributed by atoms with Crippen LogP contribution in [-0.4, -0.2) is 35.5 Å². The van der Waals surface area contributed by atoms with Crippen LogP contribution in [0.25, 0.3) is 0 Å². The molecule has 0 aliphatic carbocycles. The molecule has 1 aliphatic rings. The average molecular weight is 264 g/mol. The number of thioether (sulfide) groups is 1. The van der Waals surface area contributed by atoms with Gasteiger partial charge in [-0.05, 0) is 18.9 Å². The summed E-state index contributed by atoms with van der Waals surface area (Å²) in [6.07, 6.45) is 1.26. The topological polar surface area (TPSA) is 29.3 Å². The van der Waals surface area contributed by atoms with Crippen LogP contribution in [0.4, 0.5) is 0 Å². The van der Waals surface area contributed by atoms with Crippen LogP contribution in [-0.2, 0) is 0 Å². The van der Waals surface area contributed by atoms with Crippen molar-refractivity contribution in [1.29, 1.82) is 0 Å². The summed E-state index contributed by atoms with van der Waals surface area (Å²) >= 11 is 2.11. The van der Waals surface area contributed by atoms with Crippen LogP contribution < -0.4 is 5.73 Å². The minimum Gasteiger partial charge on any atom is -0.329 e. The third kappa shape index (κ3) is 3.28. The SMILES string of the molecule is CCC1CN(C(CN)c2ccc(C)cc2)CCS1. The van der Waals surface area contributed by atoms with Gasteiger partial charge in [-0.25, -0.2) is 0 Å².